The minimum atomic E-state index is 0.574. The molecule has 2 aromatic rings. The Morgan fingerprint density at radius 2 is 1.61 bits per heavy atom. The molecular weight excluding hydrogens is 381 g/mol. The monoisotopic (exact) mass is 385 g/mol. The van der Waals surface area contributed by atoms with Crippen molar-refractivity contribution in [3.63, 3.8) is 0 Å². The number of ether oxygens (including phenoxy) is 1. The second-order valence-electron chi connectivity index (χ2n) is 3.43. The van der Waals surface area contributed by atoms with Crippen molar-refractivity contribution in [2.24, 2.45) is 0 Å². The van der Waals surface area contributed by atoms with E-state index in [2.05, 4.69) is 37.9 Å². The van der Waals surface area contributed by atoms with Gasteiger partial charge in [0.25, 0.3) is 0 Å². The third kappa shape index (κ3) is 3.05. The Bertz CT molecular complexity index is 637. The number of halogens is 3. The lowest BCUT2D eigenvalue weighted by Gasteiger charge is -2.09. The number of nitrogens with zero attached hydrogens (tertiary/aromatic N) is 1. The van der Waals surface area contributed by atoms with Crippen LogP contribution in [0.5, 0.6) is 11.5 Å². The van der Waals surface area contributed by atoms with Crippen LogP contribution in [-0.4, -0.2) is 0 Å². The van der Waals surface area contributed by atoms with E-state index in [9.17, 15) is 0 Å². The molecule has 0 saturated carbocycles. The Balaban J connectivity index is 2.32. The molecular formula is C13H6Br2ClNO. The molecule has 0 heterocycles. The Hall–Kier alpha value is -1.02. The fourth-order valence-electron chi connectivity index (χ4n) is 1.33. The zero-order valence-corrected chi connectivity index (χ0v) is 12.9. The van der Waals surface area contributed by atoms with Gasteiger partial charge in [-0.3, -0.25) is 0 Å². The predicted octanol–water partition coefficient (Wildman–Crippen LogP) is 5.53. The van der Waals surface area contributed by atoms with Crippen molar-refractivity contribution in [2.75, 3.05) is 0 Å². The van der Waals surface area contributed by atoms with Gasteiger partial charge >= 0.3 is 0 Å². The zero-order chi connectivity index (χ0) is 13.1. The van der Waals surface area contributed by atoms with Crippen molar-refractivity contribution in [2.45, 2.75) is 0 Å². The van der Waals surface area contributed by atoms with Gasteiger partial charge in [-0.1, -0.05) is 11.6 Å². The maximum atomic E-state index is 8.78. The predicted molar refractivity (Wildman–Crippen MR) is 78.1 cm³/mol. The first-order valence-corrected chi connectivity index (χ1v) is 6.89. The highest BCUT2D eigenvalue weighted by atomic mass is 79.9. The van der Waals surface area contributed by atoms with E-state index in [0.29, 0.717) is 22.1 Å². The third-order valence-electron chi connectivity index (χ3n) is 2.17. The molecule has 0 saturated heterocycles. The minimum Gasteiger partial charge on any atom is -0.455 e. The Morgan fingerprint density at radius 1 is 1.00 bits per heavy atom. The van der Waals surface area contributed by atoms with E-state index in [1.807, 2.05) is 0 Å². The van der Waals surface area contributed by atoms with Gasteiger partial charge in [0.05, 0.1) is 20.6 Å². The highest BCUT2D eigenvalue weighted by Crippen LogP contribution is 2.35. The number of hydrogen-bond acceptors (Lipinski definition) is 2. The highest BCUT2D eigenvalue weighted by molar-refractivity contribution is 9.11. The molecule has 0 aliphatic rings. The number of benzene rings is 2. The SMILES string of the molecule is N#Cc1ccc(Oc2ccc(Cl)cc2Br)c(Br)c1. The molecule has 5 heteroatoms. The lowest BCUT2D eigenvalue weighted by molar-refractivity contribution is 0.476. The van der Waals surface area contributed by atoms with Crippen LogP contribution in [0.25, 0.3) is 0 Å². The molecule has 2 nitrogen and oxygen atoms in total. The first-order chi connectivity index (χ1) is 8.60. The summed E-state index contributed by atoms with van der Waals surface area (Å²) in [7, 11) is 0. The van der Waals surface area contributed by atoms with Crippen molar-refractivity contribution in [3.05, 3.63) is 55.9 Å². The van der Waals surface area contributed by atoms with Gasteiger partial charge in [-0.2, -0.15) is 5.26 Å². The second-order valence-corrected chi connectivity index (χ2v) is 5.58. The van der Waals surface area contributed by atoms with Crippen LogP contribution in [0.15, 0.2) is 45.3 Å². The molecule has 0 N–H and O–H groups in total. The van der Waals surface area contributed by atoms with E-state index < -0.39 is 0 Å². The van der Waals surface area contributed by atoms with Crippen LogP contribution in [0.2, 0.25) is 5.02 Å². The summed E-state index contributed by atoms with van der Waals surface area (Å²) in [5.74, 6) is 1.29. The highest BCUT2D eigenvalue weighted by Gasteiger charge is 2.07. The minimum absolute atomic E-state index is 0.574. The van der Waals surface area contributed by atoms with Gasteiger partial charge < -0.3 is 4.74 Å². The maximum Gasteiger partial charge on any atom is 0.141 e. The van der Waals surface area contributed by atoms with Gasteiger partial charge in [-0.05, 0) is 68.3 Å². The van der Waals surface area contributed by atoms with Crippen LogP contribution in [0.1, 0.15) is 5.56 Å². The maximum absolute atomic E-state index is 8.78. The summed E-state index contributed by atoms with van der Waals surface area (Å²) in [6.07, 6.45) is 0. The van der Waals surface area contributed by atoms with Crippen molar-refractivity contribution in [3.8, 4) is 17.6 Å². The van der Waals surface area contributed by atoms with E-state index in [-0.39, 0.29) is 0 Å². The molecule has 0 bridgehead atoms. The Morgan fingerprint density at radius 3 is 2.17 bits per heavy atom. The summed E-state index contributed by atoms with van der Waals surface area (Å²) < 4.78 is 7.23. The third-order valence-corrected chi connectivity index (χ3v) is 3.65. The van der Waals surface area contributed by atoms with Crippen LogP contribution < -0.4 is 4.74 Å². The lowest BCUT2D eigenvalue weighted by atomic mass is 10.2. The topological polar surface area (TPSA) is 33.0 Å². The molecule has 2 aromatic carbocycles. The van der Waals surface area contributed by atoms with Gasteiger partial charge in [0.15, 0.2) is 0 Å². The molecule has 0 aliphatic heterocycles. The van der Waals surface area contributed by atoms with E-state index in [0.717, 1.165) is 8.95 Å². The molecule has 90 valence electrons. The average molecular weight is 387 g/mol. The quantitative estimate of drug-likeness (QED) is 0.679. The summed E-state index contributed by atoms with van der Waals surface area (Å²) in [6, 6.07) is 12.5. The zero-order valence-electron chi connectivity index (χ0n) is 8.95. The number of hydrogen-bond donors (Lipinski definition) is 0. The lowest BCUT2D eigenvalue weighted by Crippen LogP contribution is -1.87. The second kappa shape index (κ2) is 5.75. The van der Waals surface area contributed by atoms with Gasteiger partial charge in [0, 0.05) is 5.02 Å². The molecule has 0 spiro atoms. The fourth-order valence-corrected chi connectivity index (χ4v) is 2.55. The first kappa shape index (κ1) is 13.4. The number of rotatable bonds is 2. The van der Waals surface area contributed by atoms with Gasteiger partial charge in [0.2, 0.25) is 0 Å². The van der Waals surface area contributed by atoms with E-state index in [4.69, 9.17) is 21.6 Å². The fraction of sp³-hybridized carbons (Fsp3) is 0. The summed E-state index contributed by atoms with van der Waals surface area (Å²) in [4.78, 5) is 0. The van der Waals surface area contributed by atoms with Crippen LogP contribution in [0, 0.1) is 11.3 Å². The molecule has 0 amide bonds. The Labute approximate surface area is 126 Å². The normalized spacial score (nSPS) is 9.89. The van der Waals surface area contributed by atoms with Crippen LogP contribution in [-0.2, 0) is 0 Å². The van der Waals surface area contributed by atoms with Crippen molar-refractivity contribution < 1.29 is 4.74 Å². The van der Waals surface area contributed by atoms with Crippen molar-refractivity contribution in [1.29, 1.82) is 5.26 Å². The van der Waals surface area contributed by atoms with Gasteiger partial charge in [-0.25, -0.2) is 0 Å². The smallest absolute Gasteiger partial charge is 0.141 e. The molecule has 0 atom stereocenters. The summed E-state index contributed by atoms with van der Waals surface area (Å²) >= 11 is 12.6. The van der Waals surface area contributed by atoms with Crippen LogP contribution in [0.3, 0.4) is 0 Å². The van der Waals surface area contributed by atoms with Crippen molar-refractivity contribution in [1.82, 2.24) is 0 Å². The summed E-state index contributed by atoms with van der Waals surface area (Å²) in [6.45, 7) is 0. The molecule has 0 aliphatic carbocycles. The van der Waals surface area contributed by atoms with Gasteiger partial charge in [-0.15, -0.1) is 0 Å². The van der Waals surface area contributed by atoms with Crippen molar-refractivity contribution >= 4 is 43.5 Å². The average Bonchev–Trinajstić information content (AvgIpc) is 2.34. The summed E-state index contributed by atoms with van der Waals surface area (Å²) in [5.41, 5.74) is 0.574. The van der Waals surface area contributed by atoms with E-state index in [1.165, 1.54) is 0 Å². The molecule has 0 radical (unpaired) electrons. The largest absolute Gasteiger partial charge is 0.455 e. The first-order valence-electron chi connectivity index (χ1n) is 4.92. The van der Waals surface area contributed by atoms with E-state index in [1.54, 1.807) is 36.4 Å². The molecule has 18 heavy (non-hydrogen) atoms. The van der Waals surface area contributed by atoms with Crippen LogP contribution >= 0.6 is 43.5 Å². The van der Waals surface area contributed by atoms with E-state index >= 15 is 0 Å². The Kier molecular flexibility index (Phi) is 4.28. The van der Waals surface area contributed by atoms with Gasteiger partial charge in [0.1, 0.15) is 11.5 Å². The standard InChI is InChI=1S/C13H6Br2ClNO/c14-10-5-8(7-17)1-3-12(10)18-13-4-2-9(16)6-11(13)15/h1-6H. The summed E-state index contributed by atoms with van der Waals surface area (Å²) in [5, 5.41) is 9.42. The van der Waals surface area contributed by atoms with Crippen LogP contribution in [0.4, 0.5) is 0 Å². The molecule has 0 aromatic heterocycles. The molecule has 0 unspecified atom stereocenters. The number of nitriles is 1. The molecule has 0 fully saturated rings. The molecule has 2 rings (SSSR count).